The summed E-state index contributed by atoms with van der Waals surface area (Å²) < 4.78 is 3.39. The highest BCUT2D eigenvalue weighted by Crippen LogP contribution is 2.31. The summed E-state index contributed by atoms with van der Waals surface area (Å²) in [7, 11) is 0. The van der Waals surface area contributed by atoms with Crippen LogP contribution < -0.4 is 5.32 Å². The van der Waals surface area contributed by atoms with Crippen LogP contribution in [0, 0.1) is 6.92 Å². The lowest BCUT2D eigenvalue weighted by Gasteiger charge is -2.06. The zero-order valence-corrected chi connectivity index (χ0v) is 12.7. The van der Waals surface area contributed by atoms with Crippen molar-refractivity contribution in [2.45, 2.75) is 26.9 Å². The summed E-state index contributed by atoms with van der Waals surface area (Å²) >= 11 is 1.89. The molecule has 20 heavy (non-hydrogen) atoms. The van der Waals surface area contributed by atoms with E-state index < -0.39 is 0 Å². The van der Waals surface area contributed by atoms with E-state index in [-0.39, 0.29) is 0 Å². The number of rotatable bonds is 5. The maximum absolute atomic E-state index is 4.42. The van der Waals surface area contributed by atoms with E-state index in [1.54, 1.807) is 0 Å². The van der Waals surface area contributed by atoms with Crippen LogP contribution in [0.3, 0.4) is 0 Å². The van der Waals surface area contributed by atoms with E-state index in [0.717, 1.165) is 19.6 Å². The molecular formula is C16H19N3S. The van der Waals surface area contributed by atoms with Crippen molar-refractivity contribution in [1.29, 1.82) is 0 Å². The molecule has 4 heteroatoms. The highest BCUT2D eigenvalue weighted by molar-refractivity contribution is 7.19. The van der Waals surface area contributed by atoms with Gasteiger partial charge in [0.1, 0.15) is 0 Å². The summed E-state index contributed by atoms with van der Waals surface area (Å²) in [5, 5.41) is 9.22. The molecule has 3 rings (SSSR count). The predicted octanol–water partition coefficient (Wildman–Crippen LogP) is 3.56. The molecule has 0 saturated heterocycles. The molecule has 0 atom stereocenters. The third-order valence-corrected chi connectivity index (χ3v) is 4.61. The fourth-order valence-electron chi connectivity index (χ4n) is 2.42. The Kier molecular flexibility index (Phi) is 3.85. The molecule has 0 amide bonds. The van der Waals surface area contributed by atoms with Gasteiger partial charge in [0.15, 0.2) is 0 Å². The summed E-state index contributed by atoms with van der Waals surface area (Å²) in [6.07, 6.45) is 4.02. The quantitative estimate of drug-likeness (QED) is 0.776. The lowest BCUT2D eigenvalue weighted by atomic mass is 10.1. The number of hydrogen-bond donors (Lipinski definition) is 1. The second-order valence-electron chi connectivity index (χ2n) is 5.00. The summed E-state index contributed by atoms with van der Waals surface area (Å²) in [6.45, 7) is 7.00. The van der Waals surface area contributed by atoms with E-state index in [2.05, 4.69) is 54.7 Å². The number of aromatic nitrogens is 2. The molecule has 0 fully saturated rings. The largest absolute Gasteiger partial charge is 0.312 e. The number of hydrogen-bond acceptors (Lipinski definition) is 3. The molecule has 0 aliphatic heterocycles. The summed E-state index contributed by atoms with van der Waals surface area (Å²) in [6, 6.07) is 8.64. The van der Waals surface area contributed by atoms with E-state index in [4.69, 9.17) is 0 Å². The van der Waals surface area contributed by atoms with Gasteiger partial charge >= 0.3 is 0 Å². The van der Waals surface area contributed by atoms with Gasteiger partial charge in [0.2, 0.25) is 0 Å². The average Bonchev–Trinajstić information content (AvgIpc) is 3.02. The van der Waals surface area contributed by atoms with Crippen LogP contribution >= 0.6 is 11.3 Å². The number of fused-ring (bicyclic) bond motifs is 1. The maximum atomic E-state index is 4.42. The smallest absolute Gasteiger partial charge is 0.0676 e. The lowest BCUT2D eigenvalue weighted by Crippen LogP contribution is -2.12. The van der Waals surface area contributed by atoms with Crippen molar-refractivity contribution < 1.29 is 0 Å². The second kappa shape index (κ2) is 5.77. The minimum Gasteiger partial charge on any atom is -0.312 e. The number of nitrogens with one attached hydrogen (secondary N) is 1. The summed E-state index contributed by atoms with van der Waals surface area (Å²) in [4.78, 5) is 1.42. The minimum absolute atomic E-state index is 0.846. The number of thiophene rings is 1. The zero-order chi connectivity index (χ0) is 13.9. The van der Waals surface area contributed by atoms with Crippen LogP contribution in [0.2, 0.25) is 0 Å². The Morgan fingerprint density at radius 2 is 2.15 bits per heavy atom. The molecular weight excluding hydrogens is 266 g/mol. The number of aryl methyl sites for hydroxylation is 1. The van der Waals surface area contributed by atoms with Crippen molar-refractivity contribution in [2.75, 3.05) is 6.54 Å². The van der Waals surface area contributed by atoms with Crippen LogP contribution in [-0.2, 0) is 13.1 Å². The molecule has 1 aromatic carbocycles. The molecule has 104 valence electrons. The topological polar surface area (TPSA) is 29.9 Å². The first-order valence-corrected chi connectivity index (χ1v) is 7.78. The van der Waals surface area contributed by atoms with Gasteiger partial charge in [0, 0.05) is 22.3 Å². The van der Waals surface area contributed by atoms with Crippen molar-refractivity contribution in [3.63, 3.8) is 0 Å². The van der Waals surface area contributed by atoms with Crippen LogP contribution in [0.1, 0.15) is 22.9 Å². The maximum Gasteiger partial charge on any atom is 0.0676 e. The van der Waals surface area contributed by atoms with Gasteiger partial charge in [-0.1, -0.05) is 25.1 Å². The molecule has 1 N–H and O–H groups in total. The molecule has 0 aliphatic rings. The van der Waals surface area contributed by atoms with Crippen molar-refractivity contribution in [1.82, 2.24) is 15.1 Å². The molecule has 0 aliphatic carbocycles. The van der Waals surface area contributed by atoms with Crippen LogP contribution in [0.5, 0.6) is 0 Å². The minimum atomic E-state index is 0.846. The van der Waals surface area contributed by atoms with Crippen LogP contribution in [0.15, 0.2) is 36.7 Å². The fourth-order valence-corrected chi connectivity index (χ4v) is 3.60. The SMILES string of the molecule is CCNCc1sc2ccccc2c1Cn1cc(C)cn1. The molecule has 3 aromatic rings. The average molecular weight is 285 g/mol. The van der Waals surface area contributed by atoms with Gasteiger partial charge in [-0.2, -0.15) is 5.10 Å². The van der Waals surface area contributed by atoms with Crippen LogP contribution in [0.25, 0.3) is 10.1 Å². The Morgan fingerprint density at radius 1 is 1.30 bits per heavy atom. The Morgan fingerprint density at radius 3 is 2.90 bits per heavy atom. The van der Waals surface area contributed by atoms with Crippen molar-refractivity contribution >= 4 is 21.4 Å². The predicted molar refractivity (Wildman–Crippen MR) is 85.3 cm³/mol. The van der Waals surface area contributed by atoms with Crippen molar-refractivity contribution in [3.8, 4) is 0 Å². The molecule has 2 aromatic heterocycles. The van der Waals surface area contributed by atoms with Gasteiger partial charge in [-0.25, -0.2) is 0 Å². The van der Waals surface area contributed by atoms with Gasteiger partial charge in [0.05, 0.1) is 12.7 Å². The molecule has 0 bridgehead atoms. The van der Waals surface area contributed by atoms with E-state index in [9.17, 15) is 0 Å². The first-order chi connectivity index (χ1) is 9.78. The summed E-state index contributed by atoms with van der Waals surface area (Å²) in [5.74, 6) is 0. The molecule has 0 saturated carbocycles. The standard InChI is InChI=1S/C16H19N3S/c1-3-17-9-16-14(11-19-10-12(2)8-18-19)13-6-4-5-7-15(13)20-16/h4-8,10,17H,3,9,11H2,1-2H3. The molecule has 0 unspecified atom stereocenters. The zero-order valence-electron chi connectivity index (χ0n) is 11.9. The number of benzene rings is 1. The summed E-state index contributed by atoms with van der Waals surface area (Å²) in [5.41, 5.74) is 2.60. The first-order valence-electron chi connectivity index (χ1n) is 6.97. The van der Waals surface area contributed by atoms with Gasteiger partial charge in [-0.15, -0.1) is 11.3 Å². The first kappa shape index (κ1) is 13.3. The van der Waals surface area contributed by atoms with Crippen LogP contribution in [-0.4, -0.2) is 16.3 Å². The van der Waals surface area contributed by atoms with E-state index >= 15 is 0 Å². The van der Waals surface area contributed by atoms with E-state index in [0.29, 0.717) is 0 Å². The second-order valence-corrected chi connectivity index (χ2v) is 6.13. The van der Waals surface area contributed by atoms with Gasteiger partial charge in [-0.3, -0.25) is 4.68 Å². The van der Waals surface area contributed by atoms with Crippen molar-refractivity contribution in [3.05, 3.63) is 52.7 Å². The Balaban J connectivity index is 2.01. The molecule has 0 radical (unpaired) electrons. The van der Waals surface area contributed by atoms with Gasteiger partial charge in [0.25, 0.3) is 0 Å². The van der Waals surface area contributed by atoms with Crippen molar-refractivity contribution in [2.24, 2.45) is 0 Å². The molecule has 3 nitrogen and oxygen atoms in total. The van der Waals surface area contributed by atoms with Gasteiger partial charge < -0.3 is 5.32 Å². The highest BCUT2D eigenvalue weighted by Gasteiger charge is 2.12. The molecule has 2 heterocycles. The van der Waals surface area contributed by atoms with E-state index in [1.807, 2.05) is 22.2 Å². The third kappa shape index (κ3) is 2.62. The highest BCUT2D eigenvalue weighted by atomic mass is 32.1. The molecule has 0 spiro atoms. The van der Waals surface area contributed by atoms with Gasteiger partial charge in [-0.05, 0) is 36.0 Å². The number of nitrogens with zero attached hydrogens (tertiary/aromatic N) is 2. The Labute approximate surface area is 123 Å². The lowest BCUT2D eigenvalue weighted by molar-refractivity contribution is 0.675. The third-order valence-electron chi connectivity index (χ3n) is 3.40. The van der Waals surface area contributed by atoms with Crippen LogP contribution in [0.4, 0.5) is 0 Å². The monoisotopic (exact) mass is 285 g/mol. The van der Waals surface area contributed by atoms with E-state index in [1.165, 1.54) is 26.1 Å². The normalized spacial score (nSPS) is 11.3. The Bertz CT molecular complexity index is 711. The fraction of sp³-hybridized carbons (Fsp3) is 0.312. The Hall–Kier alpha value is -1.65.